The van der Waals surface area contributed by atoms with E-state index in [1.807, 2.05) is 0 Å². The highest BCUT2D eigenvalue weighted by Gasteiger charge is 2.38. The maximum atomic E-state index is 10.6. The highest BCUT2D eigenvalue weighted by Crippen LogP contribution is 2.13. The van der Waals surface area contributed by atoms with Gasteiger partial charge in [0.05, 0.1) is 0 Å². The molecule has 0 spiro atoms. The van der Waals surface area contributed by atoms with Crippen molar-refractivity contribution in [3.63, 3.8) is 0 Å². The lowest BCUT2D eigenvalue weighted by atomic mass is 10.1. The summed E-state index contributed by atoms with van der Waals surface area (Å²) in [5, 5.41) is 10.4. The van der Waals surface area contributed by atoms with E-state index in [0.29, 0.717) is 0 Å². The zero-order valence-electron chi connectivity index (χ0n) is 9.34. The van der Waals surface area contributed by atoms with Crippen LogP contribution < -0.4 is 5.32 Å². The van der Waals surface area contributed by atoms with Gasteiger partial charge in [-0.1, -0.05) is 13.8 Å². The molecule has 16 heavy (non-hydrogen) atoms. The quantitative estimate of drug-likeness (QED) is 0.773. The van der Waals surface area contributed by atoms with Gasteiger partial charge in [-0.3, -0.25) is 4.90 Å². The summed E-state index contributed by atoms with van der Waals surface area (Å²) in [6, 6.07) is 0.833. The molecular weight excluding hydrogens is 225 g/mol. The fraction of sp³-hybridized carbons (Fsp3) is 0.889. The van der Waals surface area contributed by atoms with Gasteiger partial charge in [0.25, 0.3) is 0 Å². The molecule has 1 saturated heterocycles. The van der Waals surface area contributed by atoms with Crippen LogP contribution in [0.2, 0.25) is 0 Å². The zero-order chi connectivity index (χ0) is 12.8. The standard InChI is InChI=1S/C7H16N2.C2HF3O2/c1-3-9(4-2)7-5-8-6-7;3-2(4,5)1(6)7/h7-8H,3-6H2,1-2H3;(H,6,7). The van der Waals surface area contributed by atoms with Gasteiger partial charge in [0.2, 0.25) is 0 Å². The first-order chi connectivity index (χ1) is 7.32. The molecule has 0 radical (unpaired) electrons. The first-order valence-corrected chi connectivity index (χ1v) is 5.07. The number of nitrogens with zero attached hydrogens (tertiary/aromatic N) is 1. The van der Waals surface area contributed by atoms with Crippen molar-refractivity contribution < 1.29 is 23.1 Å². The van der Waals surface area contributed by atoms with Crippen LogP contribution in [0.15, 0.2) is 0 Å². The average molecular weight is 242 g/mol. The number of nitrogens with one attached hydrogen (secondary N) is 1. The molecule has 0 atom stereocenters. The lowest BCUT2D eigenvalue weighted by Crippen LogP contribution is -2.56. The number of hydrogen-bond acceptors (Lipinski definition) is 3. The Morgan fingerprint density at radius 3 is 1.81 bits per heavy atom. The second-order valence-electron chi connectivity index (χ2n) is 3.34. The summed E-state index contributed by atoms with van der Waals surface area (Å²) < 4.78 is 31.7. The number of carboxylic acid groups (broad SMARTS) is 1. The second-order valence-corrected chi connectivity index (χ2v) is 3.34. The predicted octanol–water partition coefficient (Wildman–Crippen LogP) is 0.933. The Morgan fingerprint density at radius 1 is 1.38 bits per heavy atom. The van der Waals surface area contributed by atoms with Gasteiger partial charge in [-0.15, -0.1) is 0 Å². The third-order valence-electron chi connectivity index (χ3n) is 2.33. The number of alkyl halides is 3. The maximum absolute atomic E-state index is 10.6. The van der Waals surface area contributed by atoms with E-state index >= 15 is 0 Å². The van der Waals surface area contributed by atoms with Crippen molar-refractivity contribution in [1.29, 1.82) is 0 Å². The van der Waals surface area contributed by atoms with Gasteiger partial charge in [0.15, 0.2) is 0 Å². The minimum atomic E-state index is -5.08. The highest BCUT2D eigenvalue weighted by atomic mass is 19.4. The van der Waals surface area contributed by atoms with Crippen LogP contribution in [0.4, 0.5) is 13.2 Å². The molecule has 0 aromatic carbocycles. The Hall–Kier alpha value is -0.820. The largest absolute Gasteiger partial charge is 0.490 e. The number of hydrogen-bond donors (Lipinski definition) is 2. The van der Waals surface area contributed by atoms with Gasteiger partial charge in [-0.2, -0.15) is 13.2 Å². The van der Waals surface area contributed by atoms with Crippen LogP contribution in [-0.2, 0) is 4.79 Å². The van der Waals surface area contributed by atoms with Crippen molar-refractivity contribution in [1.82, 2.24) is 10.2 Å². The second kappa shape index (κ2) is 6.70. The first kappa shape index (κ1) is 15.2. The van der Waals surface area contributed by atoms with Gasteiger partial charge in [-0.25, -0.2) is 4.79 Å². The topological polar surface area (TPSA) is 52.6 Å². The summed E-state index contributed by atoms with van der Waals surface area (Å²) in [4.78, 5) is 11.4. The lowest BCUT2D eigenvalue weighted by Gasteiger charge is -2.36. The third kappa shape index (κ3) is 5.32. The normalized spacial score (nSPS) is 16.4. The van der Waals surface area contributed by atoms with E-state index in [2.05, 4.69) is 24.1 Å². The summed E-state index contributed by atoms with van der Waals surface area (Å²) in [5.41, 5.74) is 0. The molecule has 0 aliphatic carbocycles. The van der Waals surface area contributed by atoms with Gasteiger partial charge in [0, 0.05) is 19.1 Å². The summed E-state index contributed by atoms with van der Waals surface area (Å²) in [5.74, 6) is -2.76. The smallest absolute Gasteiger partial charge is 0.475 e. The third-order valence-corrected chi connectivity index (χ3v) is 2.33. The number of halogens is 3. The molecule has 0 unspecified atom stereocenters. The van der Waals surface area contributed by atoms with Crippen LogP contribution in [0.1, 0.15) is 13.8 Å². The molecule has 0 aromatic heterocycles. The fourth-order valence-corrected chi connectivity index (χ4v) is 1.27. The van der Waals surface area contributed by atoms with Crippen molar-refractivity contribution in [3.8, 4) is 0 Å². The molecule has 0 amide bonds. The van der Waals surface area contributed by atoms with Crippen molar-refractivity contribution in [2.24, 2.45) is 0 Å². The number of rotatable bonds is 3. The van der Waals surface area contributed by atoms with Gasteiger partial charge in [0.1, 0.15) is 0 Å². The molecule has 4 nitrogen and oxygen atoms in total. The summed E-state index contributed by atoms with van der Waals surface area (Å²) in [6.45, 7) is 9.23. The molecule has 96 valence electrons. The van der Waals surface area contributed by atoms with Gasteiger partial charge in [-0.05, 0) is 13.1 Å². The van der Waals surface area contributed by atoms with Crippen molar-refractivity contribution in [3.05, 3.63) is 0 Å². The molecule has 1 heterocycles. The Morgan fingerprint density at radius 2 is 1.75 bits per heavy atom. The Kier molecular flexibility index (Phi) is 6.35. The highest BCUT2D eigenvalue weighted by molar-refractivity contribution is 5.73. The fourth-order valence-electron chi connectivity index (χ4n) is 1.27. The van der Waals surface area contributed by atoms with E-state index < -0.39 is 12.1 Å². The first-order valence-electron chi connectivity index (χ1n) is 5.07. The SMILES string of the molecule is CCN(CC)C1CNC1.O=C(O)C(F)(F)F. The zero-order valence-corrected chi connectivity index (χ0v) is 9.34. The van der Waals surface area contributed by atoms with Crippen LogP contribution in [0.25, 0.3) is 0 Å². The number of carboxylic acids is 1. The predicted molar refractivity (Wildman–Crippen MR) is 53.3 cm³/mol. The molecular formula is C9H17F3N2O2. The van der Waals surface area contributed by atoms with E-state index in [9.17, 15) is 13.2 Å². The molecule has 0 aromatic rings. The van der Waals surface area contributed by atoms with Crippen molar-refractivity contribution >= 4 is 5.97 Å². The number of likely N-dealkylation sites (N-methyl/N-ethyl adjacent to an activating group) is 1. The molecule has 1 rings (SSSR count). The molecule has 7 heteroatoms. The molecule has 1 aliphatic rings. The van der Waals surface area contributed by atoms with Crippen LogP contribution in [0.5, 0.6) is 0 Å². The summed E-state index contributed by atoms with van der Waals surface area (Å²) in [6.07, 6.45) is -5.08. The van der Waals surface area contributed by atoms with E-state index in [1.54, 1.807) is 0 Å². The Labute approximate surface area is 92.4 Å². The molecule has 0 bridgehead atoms. The molecule has 1 aliphatic heterocycles. The summed E-state index contributed by atoms with van der Waals surface area (Å²) in [7, 11) is 0. The maximum Gasteiger partial charge on any atom is 0.490 e. The van der Waals surface area contributed by atoms with E-state index in [4.69, 9.17) is 9.90 Å². The number of aliphatic carboxylic acids is 1. The van der Waals surface area contributed by atoms with Crippen molar-refractivity contribution in [2.75, 3.05) is 26.2 Å². The van der Waals surface area contributed by atoms with Gasteiger partial charge >= 0.3 is 12.1 Å². The molecule has 2 N–H and O–H groups in total. The summed E-state index contributed by atoms with van der Waals surface area (Å²) >= 11 is 0. The van der Waals surface area contributed by atoms with E-state index in [1.165, 1.54) is 26.2 Å². The monoisotopic (exact) mass is 242 g/mol. The minimum absolute atomic E-state index is 0.833. The Bertz CT molecular complexity index is 213. The minimum Gasteiger partial charge on any atom is -0.475 e. The van der Waals surface area contributed by atoms with Crippen molar-refractivity contribution in [2.45, 2.75) is 26.1 Å². The lowest BCUT2D eigenvalue weighted by molar-refractivity contribution is -0.192. The van der Waals surface area contributed by atoms with Crippen LogP contribution >= 0.6 is 0 Å². The van der Waals surface area contributed by atoms with Gasteiger partial charge < -0.3 is 10.4 Å². The number of carbonyl (C=O) groups is 1. The van der Waals surface area contributed by atoms with E-state index in [-0.39, 0.29) is 0 Å². The van der Waals surface area contributed by atoms with E-state index in [0.717, 1.165) is 6.04 Å². The van der Waals surface area contributed by atoms with Crippen LogP contribution in [0.3, 0.4) is 0 Å². The Balaban J connectivity index is 0.000000293. The van der Waals surface area contributed by atoms with Crippen LogP contribution in [-0.4, -0.2) is 54.4 Å². The average Bonchev–Trinajstić information content (AvgIpc) is 2.10. The van der Waals surface area contributed by atoms with Crippen LogP contribution in [0, 0.1) is 0 Å². The molecule has 0 saturated carbocycles. The molecule has 1 fully saturated rings.